The van der Waals surface area contributed by atoms with Crippen LogP contribution in [0, 0.1) is 20.8 Å². The van der Waals surface area contributed by atoms with Crippen LogP contribution < -0.4 is 4.90 Å². The maximum absolute atomic E-state index is 13.1. The first-order valence-electron chi connectivity index (χ1n) is 10.1. The van der Waals surface area contributed by atoms with Crippen molar-refractivity contribution in [2.75, 3.05) is 31.1 Å². The summed E-state index contributed by atoms with van der Waals surface area (Å²) in [6, 6.07) is 15.4. The number of rotatable bonds is 4. The monoisotopic (exact) mass is 422 g/mol. The number of sulfonamides is 1. The average molecular weight is 423 g/mol. The summed E-state index contributed by atoms with van der Waals surface area (Å²) in [5.41, 5.74) is 5.19. The van der Waals surface area contributed by atoms with Crippen LogP contribution in [0.3, 0.4) is 0 Å². The van der Waals surface area contributed by atoms with Gasteiger partial charge in [-0.3, -0.25) is 0 Å². The third-order valence-electron chi connectivity index (χ3n) is 5.75. The number of anilines is 1. The lowest BCUT2D eigenvalue weighted by molar-refractivity contribution is 0.383. The molecule has 1 fully saturated rings. The van der Waals surface area contributed by atoms with Gasteiger partial charge in [0.1, 0.15) is 12.1 Å². The van der Waals surface area contributed by atoms with Crippen molar-refractivity contribution in [2.24, 2.45) is 0 Å². The largest absolute Gasteiger partial charge is 0.354 e. The van der Waals surface area contributed by atoms with E-state index in [0.29, 0.717) is 31.1 Å². The van der Waals surface area contributed by atoms with E-state index in [9.17, 15) is 8.42 Å². The third kappa shape index (κ3) is 3.95. The smallest absolute Gasteiger partial charge is 0.243 e. The van der Waals surface area contributed by atoms with Crippen molar-refractivity contribution in [1.82, 2.24) is 14.3 Å². The Morgan fingerprint density at radius 1 is 0.800 bits per heavy atom. The van der Waals surface area contributed by atoms with E-state index in [-0.39, 0.29) is 0 Å². The lowest BCUT2D eigenvalue weighted by Crippen LogP contribution is -2.48. The maximum atomic E-state index is 13.1. The number of piperazine rings is 1. The van der Waals surface area contributed by atoms with E-state index in [4.69, 9.17) is 0 Å². The highest BCUT2D eigenvalue weighted by molar-refractivity contribution is 7.89. The first-order chi connectivity index (χ1) is 14.4. The van der Waals surface area contributed by atoms with Crippen LogP contribution in [0.1, 0.15) is 16.7 Å². The Balaban J connectivity index is 1.50. The zero-order valence-electron chi connectivity index (χ0n) is 17.5. The van der Waals surface area contributed by atoms with Crippen LogP contribution in [0.15, 0.2) is 59.8 Å². The van der Waals surface area contributed by atoms with Crippen molar-refractivity contribution in [1.29, 1.82) is 0 Å². The summed E-state index contributed by atoms with van der Waals surface area (Å²) >= 11 is 0. The average Bonchev–Trinajstić information content (AvgIpc) is 2.76. The van der Waals surface area contributed by atoms with Crippen LogP contribution in [-0.4, -0.2) is 48.9 Å². The summed E-state index contributed by atoms with van der Waals surface area (Å²) in [7, 11) is -3.49. The minimum Gasteiger partial charge on any atom is -0.354 e. The molecular weight excluding hydrogens is 396 g/mol. The van der Waals surface area contributed by atoms with Gasteiger partial charge in [0.25, 0.3) is 0 Å². The van der Waals surface area contributed by atoms with Crippen molar-refractivity contribution in [3.63, 3.8) is 0 Å². The molecule has 1 saturated heterocycles. The van der Waals surface area contributed by atoms with E-state index in [1.807, 2.05) is 38.1 Å². The first kappa shape index (κ1) is 20.5. The highest BCUT2D eigenvalue weighted by atomic mass is 32.2. The minimum atomic E-state index is -3.49. The molecule has 30 heavy (non-hydrogen) atoms. The van der Waals surface area contributed by atoms with Crippen LogP contribution >= 0.6 is 0 Å². The second kappa shape index (κ2) is 8.16. The predicted octanol–water partition coefficient (Wildman–Crippen LogP) is 3.58. The molecule has 2 heterocycles. The molecule has 0 aliphatic carbocycles. The summed E-state index contributed by atoms with van der Waals surface area (Å²) in [4.78, 5) is 11.3. The lowest BCUT2D eigenvalue weighted by atomic mass is 10.1. The van der Waals surface area contributed by atoms with Gasteiger partial charge >= 0.3 is 0 Å². The zero-order chi connectivity index (χ0) is 21.3. The van der Waals surface area contributed by atoms with Gasteiger partial charge in [0, 0.05) is 37.8 Å². The SMILES string of the molecule is Cc1ccc(S(=O)(=O)N2CCN(c3cc(-c4ccccc4C)ncn3)CC2)cc1C. The molecule has 0 amide bonds. The van der Waals surface area contributed by atoms with E-state index in [2.05, 4.69) is 33.9 Å². The second-order valence-corrected chi connectivity index (χ2v) is 9.65. The Hall–Kier alpha value is -2.77. The Morgan fingerprint density at radius 3 is 2.23 bits per heavy atom. The number of nitrogens with zero attached hydrogens (tertiary/aromatic N) is 4. The quantitative estimate of drug-likeness (QED) is 0.643. The number of aromatic nitrogens is 2. The second-order valence-electron chi connectivity index (χ2n) is 7.71. The van der Waals surface area contributed by atoms with Gasteiger partial charge in [-0.05, 0) is 49.6 Å². The molecule has 0 saturated carbocycles. The molecule has 2 aromatic carbocycles. The fourth-order valence-electron chi connectivity index (χ4n) is 3.71. The van der Waals surface area contributed by atoms with Gasteiger partial charge in [-0.1, -0.05) is 30.3 Å². The molecule has 4 rings (SSSR count). The summed E-state index contributed by atoms with van der Waals surface area (Å²) in [6.45, 7) is 8.03. The predicted molar refractivity (Wildman–Crippen MR) is 119 cm³/mol. The lowest BCUT2D eigenvalue weighted by Gasteiger charge is -2.34. The van der Waals surface area contributed by atoms with Crippen molar-refractivity contribution < 1.29 is 8.42 Å². The fraction of sp³-hybridized carbons (Fsp3) is 0.304. The fourth-order valence-corrected chi connectivity index (χ4v) is 5.22. The van der Waals surface area contributed by atoms with Crippen molar-refractivity contribution >= 4 is 15.8 Å². The van der Waals surface area contributed by atoms with Crippen molar-refractivity contribution in [3.05, 3.63) is 71.5 Å². The molecule has 156 valence electrons. The molecule has 0 N–H and O–H groups in total. The van der Waals surface area contributed by atoms with Crippen LogP contribution in [0.25, 0.3) is 11.3 Å². The Bertz CT molecular complexity index is 1170. The molecule has 0 spiro atoms. The maximum Gasteiger partial charge on any atom is 0.243 e. The van der Waals surface area contributed by atoms with Crippen LogP contribution in [-0.2, 0) is 10.0 Å². The molecule has 6 nitrogen and oxygen atoms in total. The van der Waals surface area contributed by atoms with Gasteiger partial charge in [0.05, 0.1) is 10.6 Å². The highest BCUT2D eigenvalue weighted by Gasteiger charge is 2.29. The van der Waals surface area contributed by atoms with Crippen molar-refractivity contribution in [2.45, 2.75) is 25.7 Å². The van der Waals surface area contributed by atoms with Gasteiger partial charge in [-0.25, -0.2) is 18.4 Å². The molecule has 7 heteroatoms. The molecule has 0 bridgehead atoms. The zero-order valence-corrected chi connectivity index (χ0v) is 18.4. The number of benzene rings is 2. The molecule has 1 aliphatic heterocycles. The van der Waals surface area contributed by atoms with E-state index < -0.39 is 10.0 Å². The first-order valence-corrected chi connectivity index (χ1v) is 11.5. The van der Waals surface area contributed by atoms with E-state index in [0.717, 1.165) is 33.8 Å². The van der Waals surface area contributed by atoms with E-state index in [1.54, 1.807) is 22.8 Å². The van der Waals surface area contributed by atoms with Crippen molar-refractivity contribution in [3.8, 4) is 11.3 Å². The minimum absolute atomic E-state index is 0.364. The van der Waals surface area contributed by atoms with Gasteiger partial charge in [0.15, 0.2) is 0 Å². The summed E-state index contributed by atoms with van der Waals surface area (Å²) < 4.78 is 27.7. The highest BCUT2D eigenvalue weighted by Crippen LogP contribution is 2.25. The molecule has 0 unspecified atom stereocenters. The topological polar surface area (TPSA) is 66.4 Å². The molecule has 1 aliphatic rings. The van der Waals surface area contributed by atoms with Crippen LogP contribution in [0.5, 0.6) is 0 Å². The van der Waals surface area contributed by atoms with Gasteiger partial charge in [-0.2, -0.15) is 4.31 Å². The summed E-state index contributed by atoms with van der Waals surface area (Å²) in [5.74, 6) is 0.825. The summed E-state index contributed by atoms with van der Waals surface area (Å²) in [5, 5.41) is 0. The van der Waals surface area contributed by atoms with Gasteiger partial charge in [-0.15, -0.1) is 0 Å². The van der Waals surface area contributed by atoms with Gasteiger partial charge in [0.2, 0.25) is 10.0 Å². The Morgan fingerprint density at radius 2 is 1.53 bits per heavy atom. The Labute approximate surface area is 178 Å². The standard InChI is InChI=1S/C23H26N4O2S/c1-17-8-9-20(14-19(17)3)30(28,29)27-12-10-26(11-13-27)23-15-22(24-16-25-23)21-7-5-4-6-18(21)2/h4-9,14-16H,10-13H2,1-3H3. The molecular formula is C23H26N4O2S. The molecule has 1 aromatic heterocycles. The molecule has 0 radical (unpaired) electrons. The van der Waals surface area contributed by atoms with E-state index >= 15 is 0 Å². The third-order valence-corrected chi connectivity index (χ3v) is 7.65. The van der Waals surface area contributed by atoms with Crippen LogP contribution in [0.2, 0.25) is 0 Å². The number of aryl methyl sites for hydroxylation is 3. The normalized spacial score (nSPS) is 15.4. The molecule has 3 aromatic rings. The Kier molecular flexibility index (Phi) is 5.58. The summed E-state index contributed by atoms with van der Waals surface area (Å²) in [6.07, 6.45) is 1.58. The van der Waals surface area contributed by atoms with Gasteiger partial charge < -0.3 is 4.90 Å². The van der Waals surface area contributed by atoms with Crippen LogP contribution in [0.4, 0.5) is 5.82 Å². The molecule has 0 atom stereocenters. The van der Waals surface area contributed by atoms with E-state index in [1.165, 1.54) is 0 Å². The number of hydrogen-bond donors (Lipinski definition) is 0. The number of hydrogen-bond acceptors (Lipinski definition) is 5.